The molecule has 2 rings (SSSR count). The summed E-state index contributed by atoms with van der Waals surface area (Å²) in [6.07, 6.45) is 4.52. The molecule has 86 valence electrons. The smallest absolute Gasteiger partial charge is 0.255 e. The quantitative estimate of drug-likeness (QED) is 0.812. The number of hydrogen-bond acceptors (Lipinski definition) is 3. The number of nitrogens with two attached hydrogens (primary N) is 1. The van der Waals surface area contributed by atoms with E-state index in [4.69, 9.17) is 5.73 Å². The van der Waals surface area contributed by atoms with Gasteiger partial charge in [0.25, 0.3) is 5.91 Å². The van der Waals surface area contributed by atoms with Crippen molar-refractivity contribution in [2.45, 2.75) is 19.3 Å². The van der Waals surface area contributed by atoms with Crippen LogP contribution in [-0.4, -0.2) is 17.4 Å². The molecule has 4 nitrogen and oxygen atoms in total. The molecule has 1 aromatic heterocycles. The van der Waals surface area contributed by atoms with Gasteiger partial charge in [-0.25, -0.2) is 9.37 Å². The van der Waals surface area contributed by atoms with Crippen LogP contribution in [0.4, 0.5) is 10.2 Å². The lowest BCUT2D eigenvalue weighted by atomic mass is 9.85. The molecule has 1 amide bonds. The van der Waals surface area contributed by atoms with E-state index in [-0.39, 0.29) is 17.3 Å². The van der Waals surface area contributed by atoms with E-state index in [1.165, 1.54) is 6.42 Å². The van der Waals surface area contributed by atoms with E-state index in [2.05, 4.69) is 10.3 Å². The van der Waals surface area contributed by atoms with Crippen LogP contribution < -0.4 is 11.1 Å². The first-order chi connectivity index (χ1) is 7.66. The van der Waals surface area contributed by atoms with Crippen LogP contribution in [0.3, 0.4) is 0 Å². The number of pyridine rings is 1. The Morgan fingerprint density at radius 3 is 3.00 bits per heavy atom. The average molecular weight is 223 g/mol. The highest BCUT2D eigenvalue weighted by Gasteiger charge is 2.19. The van der Waals surface area contributed by atoms with Crippen LogP contribution >= 0.6 is 0 Å². The van der Waals surface area contributed by atoms with E-state index in [1.54, 1.807) is 0 Å². The number of rotatable bonds is 3. The first-order valence-corrected chi connectivity index (χ1v) is 5.36. The molecule has 0 bridgehead atoms. The van der Waals surface area contributed by atoms with Crippen LogP contribution in [0.15, 0.2) is 12.3 Å². The Morgan fingerprint density at radius 1 is 1.62 bits per heavy atom. The van der Waals surface area contributed by atoms with Crippen molar-refractivity contribution < 1.29 is 9.18 Å². The molecule has 0 unspecified atom stereocenters. The molecule has 3 N–H and O–H groups in total. The Labute approximate surface area is 93.1 Å². The zero-order valence-electron chi connectivity index (χ0n) is 8.87. The highest BCUT2D eigenvalue weighted by atomic mass is 19.1. The fraction of sp³-hybridized carbons (Fsp3) is 0.455. The van der Waals surface area contributed by atoms with E-state index in [0.29, 0.717) is 12.5 Å². The Balaban J connectivity index is 1.99. The Kier molecular flexibility index (Phi) is 3.03. The van der Waals surface area contributed by atoms with Crippen molar-refractivity contribution in [1.82, 2.24) is 10.3 Å². The van der Waals surface area contributed by atoms with Crippen molar-refractivity contribution in [1.29, 1.82) is 0 Å². The van der Waals surface area contributed by atoms with Crippen molar-refractivity contribution in [3.05, 3.63) is 23.6 Å². The van der Waals surface area contributed by atoms with E-state index in [0.717, 1.165) is 25.1 Å². The van der Waals surface area contributed by atoms with Gasteiger partial charge in [-0.15, -0.1) is 0 Å². The van der Waals surface area contributed by atoms with Gasteiger partial charge in [-0.3, -0.25) is 4.79 Å². The molecule has 0 aliphatic heterocycles. The summed E-state index contributed by atoms with van der Waals surface area (Å²) in [6, 6.07) is 1.11. The molecule has 1 saturated carbocycles. The van der Waals surface area contributed by atoms with Gasteiger partial charge in [0.1, 0.15) is 11.6 Å². The predicted octanol–water partition coefficient (Wildman–Crippen LogP) is 1.33. The van der Waals surface area contributed by atoms with Crippen molar-refractivity contribution in [3.8, 4) is 0 Å². The molecular formula is C11H14FN3O. The second kappa shape index (κ2) is 4.47. The fourth-order valence-electron chi connectivity index (χ4n) is 1.66. The van der Waals surface area contributed by atoms with Crippen LogP contribution in [0.1, 0.15) is 29.6 Å². The molecular weight excluding hydrogens is 209 g/mol. The van der Waals surface area contributed by atoms with Gasteiger partial charge in [0, 0.05) is 6.54 Å². The molecule has 0 saturated heterocycles. The van der Waals surface area contributed by atoms with Crippen LogP contribution in [0.2, 0.25) is 0 Å². The van der Waals surface area contributed by atoms with Gasteiger partial charge < -0.3 is 11.1 Å². The summed E-state index contributed by atoms with van der Waals surface area (Å²) in [4.78, 5) is 15.3. The monoisotopic (exact) mass is 223 g/mol. The van der Waals surface area contributed by atoms with E-state index in [1.807, 2.05) is 0 Å². The normalized spacial score (nSPS) is 15.6. The Bertz CT molecular complexity index is 404. The molecule has 0 atom stereocenters. The number of aromatic nitrogens is 1. The summed E-state index contributed by atoms with van der Waals surface area (Å²) in [5.41, 5.74) is 5.62. The number of anilines is 1. The molecule has 1 aliphatic rings. The van der Waals surface area contributed by atoms with E-state index < -0.39 is 5.82 Å². The maximum absolute atomic E-state index is 12.9. The number of carbonyl (C=O) groups excluding carboxylic acids is 1. The topological polar surface area (TPSA) is 68.0 Å². The highest BCUT2D eigenvalue weighted by Crippen LogP contribution is 2.25. The maximum atomic E-state index is 12.9. The second-order valence-corrected chi connectivity index (χ2v) is 4.09. The third kappa shape index (κ3) is 2.29. The van der Waals surface area contributed by atoms with Gasteiger partial charge in [0.2, 0.25) is 0 Å². The van der Waals surface area contributed by atoms with Gasteiger partial charge in [0.05, 0.1) is 11.8 Å². The van der Waals surface area contributed by atoms with Crippen molar-refractivity contribution in [2.75, 3.05) is 12.3 Å². The number of amides is 1. The van der Waals surface area contributed by atoms with Crippen LogP contribution in [0, 0.1) is 11.7 Å². The number of nitrogens with zero attached hydrogens (tertiary/aromatic N) is 1. The Hall–Kier alpha value is -1.65. The zero-order chi connectivity index (χ0) is 11.5. The lowest BCUT2D eigenvalue weighted by Gasteiger charge is -2.25. The first-order valence-electron chi connectivity index (χ1n) is 5.36. The number of carbonyl (C=O) groups is 1. The minimum Gasteiger partial charge on any atom is -0.383 e. The van der Waals surface area contributed by atoms with Gasteiger partial charge in [-0.1, -0.05) is 6.42 Å². The average Bonchev–Trinajstić information content (AvgIpc) is 2.19. The third-order valence-corrected chi connectivity index (χ3v) is 2.91. The minimum atomic E-state index is -0.553. The van der Waals surface area contributed by atoms with Gasteiger partial charge in [-0.2, -0.15) is 0 Å². The van der Waals surface area contributed by atoms with Gasteiger partial charge in [-0.05, 0) is 24.8 Å². The highest BCUT2D eigenvalue weighted by molar-refractivity contribution is 5.98. The van der Waals surface area contributed by atoms with Crippen molar-refractivity contribution in [3.63, 3.8) is 0 Å². The molecule has 16 heavy (non-hydrogen) atoms. The Morgan fingerprint density at radius 2 is 2.38 bits per heavy atom. The molecule has 1 aromatic rings. The molecule has 1 heterocycles. The number of nitrogen functional groups attached to an aromatic ring is 1. The molecule has 5 heteroatoms. The van der Waals surface area contributed by atoms with Gasteiger partial charge in [0.15, 0.2) is 0 Å². The third-order valence-electron chi connectivity index (χ3n) is 2.91. The lowest BCUT2D eigenvalue weighted by Crippen LogP contribution is -2.32. The summed E-state index contributed by atoms with van der Waals surface area (Å²) in [6.45, 7) is 0.634. The number of hydrogen-bond donors (Lipinski definition) is 2. The summed E-state index contributed by atoms with van der Waals surface area (Å²) in [5, 5.41) is 2.74. The first kappa shape index (κ1) is 10.9. The summed E-state index contributed by atoms with van der Waals surface area (Å²) in [7, 11) is 0. The van der Waals surface area contributed by atoms with Crippen molar-refractivity contribution >= 4 is 11.7 Å². The molecule has 0 spiro atoms. The van der Waals surface area contributed by atoms with E-state index in [9.17, 15) is 9.18 Å². The van der Waals surface area contributed by atoms with Crippen LogP contribution in [0.5, 0.6) is 0 Å². The van der Waals surface area contributed by atoms with E-state index >= 15 is 0 Å². The van der Waals surface area contributed by atoms with Gasteiger partial charge >= 0.3 is 0 Å². The van der Waals surface area contributed by atoms with Crippen molar-refractivity contribution in [2.24, 2.45) is 5.92 Å². The zero-order valence-corrected chi connectivity index (χ0v) is 8.87. The SMILES string of the molecule is Nc1ncc(F)cc1C(=O)NCC1CCC1. The summed E-state index contributed by atoms with van der Waals surface area (Å²) in [5.74, 6) is -0.279. The van der Waals surface area contributed by atoms with Crippen LogP contribution in [0.25, 0.3) is 0 Å². The largest absolute Gasteiger partial charge is 0.383 e. The summed E-state index contributed by atoms with van der Waals surface area (Å²) >= 11 is 0. The number of nitrogens with one attached hydrogen (secondary N) is 1. The molecule has 1 fully saturated rings. The molecule has 1 aliphatic carbocycles. The fourth-order valence-corrected chi connectivity index (χ4v) is 1.66. The summed E-state index contributed by atoms with van der Waals surface area (Å²) < 4.78 is 12.9. The van der Waals surface area contributed by atoms with Crippen LogP contribution in [-0.2, 0) is 0 Å². The predicted molar refractivity (Wildman–Crippen MR) is 58.3 cm³/mol. The standard InChI is InChI=1S/C11H14FN3O/c12-8-4-9(10(13)14-6-8)11(16)15-5-7-2-1-3-7/h4,6-7H,1-3,5H2,(H2,13,14)(H,15,16). The second-order valence-electron chi connectivity index (χ2n) is 4.09. The minimum absolute atomic E-state index is 0.0625. The maximum Gasteiger partial charge on any atom is 0.255 e. The lowest BCUT2D eigenvalue weighted by molar-refractivity contribution is 0.0939. The number of halogens is 1. The molecule has 0 aromatic carbocycles. The molecule has 0 radical (unpaired) electrons.